The van der Waals surface area contributed by atoms with E-state index in [1.54, 1.807) is 0 Å². The molecule has 0 fully saturated rings. The molecule has 0 radical (unpaired) electrons. The van der Waals surface area contributed by atoms with E-state index in [9.17, 15) is 4.79 Å². The SMILES string of the molecule is CC/C=C\C/C=C\C/C=C\CCCCCCCC=O. The predicted octanol–water partition coefficient (Wildman–Crippen LogP) is 5.77. The highest BCUT2D eigenvalue weighted by Gasteiger charge is 1.89. The molecule has 0 amide bonds. The molecule has 0 saturated heterocycles. The molecule has 0 heterocycles. The van der Waals surface area contributed by atoms with E-state index in [1.807, 2.05) is 0 Å². The minimum Gasteiger partial charge on any atom is -0.303 e. The smallest absolute Gasteiger partial charge is 0.119 e. The lowest BCUT2D eigenvalue weighted by Crippen LogP contribution is -1.80. The average molecular weight is 262 g/mol. The third-order valence-electron chi connectivity index (χ3n) is 2.97. The summed E-state index contributed by atoms with van der Waals surface area (Å²) in [4.78, 5) is 10.1. The summed E-state index contributed by atoms with van der Waals surface area (Å²) >= 11 is 0. The minimum absolute atomic E-state index is 0.736. The summed E-state index contributed by atoms with van der Waals surface area (Å²) in [6.07, 6.45) is 25.7. The molecule has 0 aromatic heterocycles. The Kier molecular flexibility index (Phi) is 15.9. The Morgan fingerprint density at radius 3 is 1.79 bits per heavy atom. The highest BCUT2D eigenvalue weighted by atomic mass is 16.1. The van der Waals surface area contributed by atoms with Crippen LogP contribution in [0.3, 0.4) is 0 Å². The van der Waals surface area contributed by atoms with Crippen LogP contribution in [-0.4, -0.2) is 6.29 Å². The Bertz CT molecular complexity index is 261. The highest BCUT2D eigenvalue weighted by Crippen LogP contribution is 2.07. The van der Waals surface area contributed by atoms with Gasteiger partial charge in [-0.2, -0.15) is 0 Å². The van der Waals surface area contributed by atoms with E-state index in [1.165, 1.54) is 32.1 Å². The molecule has 0 aliphatic heterocycles. The van der Waals surface area contributed by atoms with Gasteiger partial charge in [-0.05, 0) is 38.5 Å². The van der Waals surface area contributed by atoms with Crippen molar-refractivity contribution in [3.63, 3.8) is 0 Å². The first kappa shape index (κ1) is 17.9. The molecule has 0 N–H and O–H groups in total. The van der Waals surface area contributed by atoms with Crippen molar-refractivity contribution in [2.75, 3.05) is 0 Å². The molecular formula is C18H30O. The second-order valence-corrected chi connectivity index (χ2v) is 4.81. The van der Waals surface area contributed by atoms with Crippen molar-refractivity contribution in [3.05, 3.63) is 36.5 Å². The summed E-state index contributed by atoms with van der Waals surface area (Å²) in [6, 6.07) is 0. The minimum atomic E-state index is 0.736. The van der Waals surface area contributed by atoms with Crippen LogP contribution in [0.1, 0.15) is 71.1 Å². The molecule has 19 heavy (non-hydrogen) atoms. The van der Waals surface area contributed by atoms with Gasteiger partial charge >= 0.3 is 0 Å². The zero-order valence-electron chi connectivity index (χ0n) is 12.5. The number of allylic oxidation sites excluding steroid dienone is 6. The van der Waals surface area contributed by atoms with Crippen LogP contribution in [0.4, 0.5) is 0 Å². The standard InChI is InChI=1S/C18H30O/c1-2-3-4-5-6-7-8-9-10-11-12-13-14-15-16-17-18-19/h3-4,6-7,9-10,18H,2,5,8,11-17H2,1H3/b4-3-,7-6-,10-9-. The maximum absolute atomic E-state index is 10.1. The van der Waals surface area contributed by atoms with Crippen molar-refractivity contribution in [1.29, 1.82) is 0 Å². The lowest BCUT2D eigenvalue weighted by molar-refractivity contribution is -0.107. The molecule has 0 rings (SSSR count). The number of carbonyl (C=O) groups excluding carboxylic acids is 1. The third-order valence-corrected chi connectivity index (χ3v) is 2.97. The van der Waals surface area contributed by atoms with Crippen molar-refractivity contribution < 1.29 is 4.79 Å². The van der Waals surface area contributed by atoms with E-state index in [4.69, 9.17) is 0 Å². The van der Waals surface area contributed by atoms with Gasteiger partial charge in [0.1, 0.15) is 6.29 Å². The van der Waals surface area contributed by atoms with Crippen molar-refractivity contribution in [3.8, 4) is 0 Å². The molecule has 1 nitrogen and oxygen atoms in total. The number of aldehydes is 1. The maximum atomic E-state index is 10.1. The monoisotopic (exact) mass is 262 g/mol. The van der Waals surface area contributed by atoms with E-state index in [-0.39, 0.29) is 0 Å². The Hall–Kier alpha value is -1.11. The Balaban J connectivity index is 3.21. The van der Waals surface area contributed by atoms with E-state index in [0.717, 1.165) is 38.4 Å². The van der Waals surface area contributed by atoms with Gasteiger partial charge in [0.15, 0.2) is 0 Å². The molecule has 0 saturated carbocycles. The normalized spacial score (nSPS) is 12.1. The van der Waals surface area contributed by atoms with Gasteiger partial charge in [-0.1, -0.05) is 62.6 Å². The molecule has 0 spiro atoms. The van der Waals surface area contributed by atoms with Crippen molar-refractivity contribution >= 4 is 6.29 Å². The van der Waals surface area contributed by atoms with Gasteiger partial charge in [0, 0.05) is 6.42 Å². The third kappa shape index (κ3) is 16.9. The first-order valence-electron chi connectivity index (χ1n) is 7.80. The quantitative estimate of drug-likeness (QED) is 0.234. The van der Waals surface area contributed by atoms with Crippen LogP contribution in [-0.2, 0) is 4.79 Å². The van der Waals surface area contributed by atoms with Crippen molar-refractivity contribution in [1.82, 2.24) is 0 Å². The molecule has 1 heteroatoms. The van der Waals surface area contributed by atoms with Gasteiger partial charge in [-0.3, -0.25) is 0 Å². The van der Waals surface area contributed by atoms with Crippen molar-refractivity contribution in [2.45, 2.75) is 71.1 Å². The number of unbranched alkanes of at least 4 members (excludes halogenated alkanes) is 6. The Labute approximate surface area is 119 Å². The average Bonchev–Trinajstić information content (AvgIpc) is 2.43. The summed E-state index contributed by atoms with van der Waals surface area (Å²) in [6.45, 7) is 2.16. The summed E-state index contributed by atoms with van der Waals surface area (Å²) in [5.41, 5.74) is 0. The fourth-order valence-electron chi connectivity index (χ4n) is 1.85. The van der Waals surface area contributed by atoms with Gasteiger partial charge in [-0.15, -0.1) is 0 Å². The van der Waals surface area contributed by atoms with Gasteiger partial charge in [0.2, 0.25) is 0 Å². The van der Waals surface area contributed by atoms with Crippen LogP contribution in [0.15, 0.2) is 36.5 Å². The summed E-state index contributed by atoms with van der Waals surface area (Å²) < 4.78 is 0. The van der Waals surface area contributed by atoms with Crippen LogP contribution >= 0.6 is 0 Å². The lowest BCUT2D eigenvalue weighted by atomic mass is 10.1. The van der Waals surface area contributed by atoms with E-state index in [0.29, 0.717) is 0 Å². The lowest BCUT2D eigenvalue weighted by Gasteiger charge is -1.97. The second-order valence-electron chi connectivity index (χ2n) is 4.81. The maximum Gasteiger partial charge on any atom is 0.119 e. The second kappa shape index (κ2) is 16.9. The van der Waals surface area contributed by atoms with Gasteiger partial charge in [0.05, 0.1) is 0 Å². The molecule has 0 bridgehead atoms. The number of hydrogen-bond donors (Lipinski definition) is 0. The van der Waals surface area contributed by atoms with E-state index < -0.39 is 0 Å². The van der Waals surface area contributed by atoms with Crippen LogP contribution in [0.5, 0.6) is 0 Å². The van der Waals surface area contributed by atoms with Gasteiger partial charge in [-0.25, -0.2) is 0 Å². The molecule has 0 aliphatic rings. The number of rotatable bonds is 13. The number of hydrogen-bond acceptors (Lipinski definition) is 1. The first-order chi connectivity index (χ1) is 9.41. The zero-order chi connectivity index (χ0) is 14.0. The first-order valence-corrected chi connectivity index (χ1v) is 7.80. The van der Waals surface area contributed by atoms with E-state index in [2.05, 4.69) is 43.4 Å². The summed E-state index contributed by atoms with van der Waals surface area (Å²) in [5, 5.41) is 0. The van der Waals surface area contributed by atoms with Gasteiger partial charge in [0.25, 0.3) is 0 Å². The molecule has 0 aromatic rings. The largest absolute Gasteiger partial charge is 0.303 e. The molecule has 0 aliphatic carbocycles. The van der Waals surface area contributed by atoms with Crippen LogP contribution in [0, 0.1) is 0 Å². The summed E-state index contributed by atoms with van der Waals surface area (Å²) in [5.74, 6) is 0. The van der Waals surface area contributed by atoms with E-state index >= 15 is 0 Å². The fourth-order valence-corrected chi connectivity index (χ4v) is 1.85. The molecule has 0 atom stereocenters. The van der Waals surface area contributed by atoms with Crippen molar-refractivity contribution in [2.24, 2.45) is 0 Å². The van der Waals surface area contributed by atoms with Crippen LogP contribution in [0.25, 0.3) is 0 Å². The summed E-state index contributed by atoms with van der Waals surface area (Å²) in [7, 11) is 0. The Morgan fingerprint density at radius 1 is 0.632 bits per heavy atom. The molecule has 0 unspecified atom stereocenters. The fraction of sp³-hybridized carbons (Fsp3) is 0.611. The molecule has 108 valence electrons. The van der Waals surface area contributed by atoms with Gasteiger partial charge < -0.3 is 4.79 Å². The van der Waals surface area contributed by atoms with Crippen LogP contribution < -0.4 is 0 Å². The topological polar surface area (TPSA) is 17.1 Å². The highest BCUT2D eigenvalue weighted by molar-refractivity contribution is 5.48. The molecular weight excluding hydrogens is 232 g/mol. The molecule has 0 aromatic carbocycles. The van der Waals surface area contributed by atoms with Crippen LogP contribution in [0.2, 0.25) is 0 Å². The zero-order valence-corrected chi connectivity index (χ0v) is 12.5. The Morgan fingerprint density at radius 2 is 1.16 bits per heavy atom. The predicted molar refractivity (Wildman–Crippen MR) is 85.3 cm³/mol. The number of carbonyl (C=O) groups is 1.